The molecule has 1 aliphatic carbocycles. The maximum Gasteiger partial charge on any atom is 0.259 e. The predicted molar refractivity (Wildman–Crippen MR) is 127 cm³/mol. The number of hydrogen-bond donors (Lipinski definition) is 1. The SMILES string of the molecule is Cc1nn(C)c2ncc(C(=O)Nc3nc(-c4ccc5c(c4)Cc4ccccc4-5)cs3)cc12. The van der Waals surface area contributed by atoms with E-state index in [2.05, 4.69) is 62.8 Å². The van der Waals surface area contributed by atoms with Gasteiger partial charge in [-0.05, 0) is 47.7 Å². The number of carbonyl (C=O) groups is 1. The highest BCUT2D eigenvalue weighted by Crippen LogP contribution is 2.38. The summed E-state index contributed by atoms with van der Waals surface area (Å²) in [6.07, 6.45) is 2.52. The number of aryl methyl sites for hydroxylation is 2. The van der Waals surface area contributed by atoms with Gasteiger partial charge >= 0.3 is 0 Å². The second-order valence-electron chi connectivity index (χ2n) is 8.00. The number of rotatable bonds is 3. The molecule has 0 saturated carbocycles. The van der Waals surface area contributed by atoms with Crippen LogP contribution in [0.3, 0.4) is 0 Å². The molecule has 0 fully saturated rings. The van der Waals surface area contributed by atoms with Crippen LogP contribution in [-0.2, 0) is 13.5 Å². The van der Waals surface area contributed by atoms with Gasteiger partial charge in [0.25, 0.3) is 5.91 Å². The Kier molecular flexibility index (Phi) is 4.19. The van der Waals surface area contributed by atoms with Crippen molar-refractivity contribution < 1.29 is 4.79 Å². The molecule has 0 saturated heterocycles. The first-order valence-corrected chi connectivity index (χ1v) is 11.2. The van der Waals surface area contributed by atoms with Crippen LogP contribution in [0.15, 0.2) is 60.1 Å². The fourth-order valence-electron chi connectivity index (χ4n) is 4.37. The molecule has 0 unspecified atom stereocenters. The number of nitrogens with one attached hydrogen (secondary N) is 1. The van der Waals surface area contributed by atoms with E-state index in [1.165, 1.54) is 33.6 Å². The summed E-state index contributed by atoms with van der Waals surface area (Å²) in [7, 11) is 1.84. The van der Waals surface area contributed by atoms with Crippen molar-refractivity contribution in [3.05, 3.63) is 82.5 Å². The van der Waals surface area contributed by atoms with Crippen molar-refractivity contribution in [2.75, 3.05) is 5.32 Å². The maximum absolute atomic E-state index is 12.8. The molecule has 6 rings (SSSR count). The largest absolute Gasteiger partial charge is 0.298 e. The minimum absolute atomic E-state index is 0.229. The van der Waals surface area contributed by atoms with E-state index in [0.29, 0.717) is 10.7 Å². The van der Waals surface area contributed by atoms with E-state index in [9.17, 15) is 4.79 Å². The molecule has 0 atom stereocenters. The van der Waals surface area contributed by atoms with Crippen molar-refractivity contribution >= 4 is 33.4 Å². The predicted octanol–water partition coefficient (Wildman–Crippen LogP) is 5.22. The van der Waals surface area contributed by atoms with E-state index >= 15 is 0 Å². The summed E-state index contributed by atoms with van der Waals surface area (Å²) in [6.45, 7) is 1.91. The number of hydrogen-bond acceptors (Lipinski definition) is 5. The van der Waals surface area contributed by atoms with Gasteiger partial charge in [0, 0.05) is 29.6 Å². The van der Waals surface area contributed by atoms with Crippen molar-refractivity contribution in [1.82, 2.24) is 19.7 Å². The molecule has 32 heavy (non-hydrogen) atoms. The standard InChI is InChI=1S/C25H19N5OS/c1-14-21-11-18(12-26-23(21)30(2)29-14)24(31)28-25-27-22(13-32-25)16-7-8-20-17(10-16)9-15-5-3-4-6-19(15)20/h3-8,10-13H,9H2,1-2H3,(H,27,28,31). The molecular weight excluding hydrogens is 418 g/mol. The second kappa shape index (κ2) is 7.10. The van der Waals surface area contributed by atoms with E-state index in [1.807, 2.05) is 25.4 Å². The number of fused-ring (bicyclic) bond motifs is 4. The lowest BCUT2D eigenvalue weighted by Gasteiger charge is -2.04. The van der Waals surface area contributed by atoms with Gasteiger partial charge in [-0.3, -0.25) is 14.8 Å². The molecule has 1 amide bonds. The number of pyridine rings is 1. The Morgan fingerprint density at radius 2 is 1.94 bits per heavy atom. The summed E-state index contributed by atoms with van der Waals surface area (Å²) in [4.78, 5) is 21.8. The van der Waals surface area contributed by atoms with Gasteiger partial charge in [-0.2, -0.15) is 5.10 Å². The molecule has 0 aliphatic heterocycles. The third kappa shape index (κ3) is 3.01. The molecular formula is C25H19N5OS. The average Bonchev–Trinajstić information content (AvgIpc) is 3.49. The third-order valence-corrected chi connectivity index (χ3v) is 6.70. The van der Waals surface area contributed by atoms with Gasteiger partial charge < -0.3 is 0 Å². The van der Waals surface area contributed by atoms with E-state index in [0.717, 1.165) is 34.4 Å². The minimum Gasteiger partial charge on any atom is -0.298 e. The van der Waals surface area contributed by atoms with Gasteiger partial charge in [0.15, 0.2) is 10.8 Å². The van der Waals surface area contributed by atoms with Crippen molar-refractivity contribution in [2.45, 2.75) is 13.3 Å². The van der Waals surface area contributed by atoms with Crippen molar-refractivity contribution in [3.63, 3.8) is 0 Å². The number of carbonyl (C=O) groups excluding carboxylic acids is 1. The van der Waals surface area contributed by atoms with Crippen molar-refractivity contribution in [2.24, 2.45) is 7.05 Å². The third-order valence-electron chi connectivity index (χ3n) is 5.94. The van der Waals surface area contributed by atoms with Crippen LogP contribution >= 0.6 is 11.3 Å². The van der Waals surface area contributed by atoms with E-state index < -0.39 is 0 Å². The molecule has 2 aromatic carbocycles. The maximum atomic E-state index is 12.8. The Balaban J connectivity index is 1.24. The van der Waals surface area contributed by atoms with Gasteiger partial charge in [0.1, 0.15) is 0 Å². The van der Waals surface area contributed by atoms with E-state index in [1.54, 1.807) is 10.9 Å². The summed E-state index contributed by atoms with van der Waals surface area (Å²) in [5, 5.41) is 10.7. The summed E-state index contributed by atoms with van der Waals surface area (Å²) < 4.78 is 1.72. The van der Waals surface area contributed by atoms with Gasteiger partial charge in [-0.1, -0.05) is 36.4 Å². The van der Waals surface area contributed by atoms with Crippen molar-refractivity contribution in [1.29, 1.82) is 0 Å². The Morgan fingerprint density at radius 3 is 2.84 bits per heavy atom. The molecule has 0 bridgehead atoms. The quantitative estimate of drug-likeness (QED) is 0.412. The number of amides is 1. The Bertz CT molecular complexity index is 1530. The highest BCUT2D eigenvalue weighted by atomic mass is 32.1. The van der Waals surface area contributed by atoms with Gasteiger partial charge in [0.2, 0.25) is 0 Å². The second-order valence-corrected chi connectivity index (χ2v) is 8.86. The number of anilines is 1. The van der Waals surface area contributed by atoms with E-state index in [4.69, 9.17) is 0 Å². The monoisotopic (exact) mass is 437 g/mol. The Morgan fingerprint density at radius 1 is 1.09 bits per heavy atom. The van der Waals surface area contributed by atoms with Crippen LogP contribution in [0.4, 0.5) is 5.13 Å². The molecule has 6 nitrogen and oxygen atoms in total. The number of thiazole rings is 1. The lowest BCUT2D eigenvalue weighted by atomic mass is 10.0. The van der Waals surface area contributed by atoms with Crippen LogP contribution < -0.4 is 5.32 Å². The first-order chi connectivity index (χ1) is 15.6. The zero-order valence-corrected chi connectivity index (χ0v) is 18.4. The molecule has 156 valence electrons. The molecule has 0 spiro atoms. The normalized spacial score (nSPS) is 12.1. The first-order valence-electron chi connectivity index (χ1n) is 10.3. The van der Waals surface area contributed by atoms with Gasteiger partial charge in [-0.15, -0.1) is 11.3 Å². The topological polar surface area (TPSA) is 72.7 Å². The first kappa shape index (κ1) is 18.9. The highest BCUT2D eigenvalue weighted by molar-refractivity contribution is 7.14. The molecule has 5 aromatic rings. The summed E-state index contributed by atoms with van der Waals surface area (Å²) in [6, 6.07) is 16.8. The van der Waals surface area contributed by atoms with Gasteiger partial charge in [0.05, 0.1) is 17.0 Å². The molecule has 0 radical (unpaired) electrons. The van der Waals surface area contributed by atoms with Crippen LogP contribution in [0.1, 0.15) is 27.2 Å². The van der Waals surface area contributed by atoms with Crippen LogP contribution in [-0.4, -0.2) is 25.7 Å². The van der Waals surface area contributed by atoms with Crippen LogP contribution in [0.2, 0.25) is 0 Å². The lowest BCUT2D eigenvalue weighted by molar-refractivity contribution is 0.102. The highest BCUT2D eigenvalue weighted by Gasteiger charge is 2.19. The summed E-state index contributed by atoms with van der Waals surface area (Å²) in [5.41, 5.74) is 9.29. The van der Waals surface area contributed by atoms with Crippen LogP contribution in [0.25, 0.3) is 33.4 Å². The zero-order valence-electron chi connectivity index (χ0n) is 17.6. The number of aromatic nitrogens is 4. The van der Waals surface area contributed by atoms with Crippen molar-refractivity contribution in [3.8, 4) is 22.4 Å². The fourth-order valence-corrected chi connectivity index (χ4v) is 5.08. The molecule has 3 heterocycles. The smallest absolute Gasteiger partial charge is 0.259 e. The van der Waals surface area contributed by atoms with E-state index in [-0.39, 0.29) is 5.91 Å². The molecule has 1 aliphatic rings. The summed E-state index contributed by atoms with van der Waals surface area (Å²) in [5.74, 6) is -0.229. The van der Waals surface area contributed by atoms with Gasteiger partial charge in [-0.25, -0.2) is 9.97 Å². The molecule has 1 N–H and O–H groups in total. The molecule has 3 aromatic heterocycles. The fraction of sp³-hybridized carbons (Fsp3) is 0.120. The zero-order chi connectivity index (χ0) is 21.8. The number of benzene rings is 2. The Hall–Kier alpha value is -3.84. The lowest BCUT2D eigenvalue weighted by Crippen LogP contribution is -2.12. The average molecular weight is 438 g/mol. The number of nitrogens with zero attached hydrogens (tertiary/aromatic N) is 4. The van der Waals surface area contributed by atoms with Crippen LogP contribution in [0, 0.1) is 6.92 Å². The molecule has 7 heteroatoms. The van der Waals surface area contributed by atoms with Crippen LogP contribution in [0.5, 0.6) is 0 Å². The summed E-state index contributed by atoms with van der Waals surface area (Å²) >= 11 is 1.42. The Labute approximate surface area is 188 Å². The minimum atomic E-state index is -0.229.